The smallest absolute Gasteiger partial charge is 0.178 e. The van der Waals surface area contributed by atoms with Gasteiger partial charge < -0.3 is 5.11 Å². The normalized spacial score (nSPS) is 12.5. The summed E-state index contributed by atoms with van der Waals surface area (Å²) in [4.78, 5) is 12.8. The average molecular weight is 229 g/mol. The van der Waals surface area contributed by atoms with Crippen molar-refractivity contribution < 1.29 is 5.11 Å². The van der Waals surface area contributed by atoms with E-state index in [4.69, 9.17) is 0 Å². The highest BCUT2D eigenvalue weighted by atomic mass is 16.3. The monoisotopic (exact) mass is 229 g/mol. The molecule has 1 unspecified atom stereocenters. The number of rotatable bonds is 2. The third-order valence-corrected chi connectivity index (χ3v) is 2.61. The van der Waals surface area contributed by atoms with Crippen LogP contribution in [0.1, 0.15) is 29.8 Å². The van der Waals surface area contributed by atoms with E-state index in [2.05, 4.69) is 15.0 Å². The molecule has 17 heavy (non-hydrogen) atoms. The van der Waals surface area contributed by atoms with Gasteiger partial charge in [-0.15, -0.1) is 0 Å². The van der Waals surface area contributed by atoms with Crippen LogP contribution >= 0.6 is 0 Å². The largest absolute Gasteiger partial charge is 0.389 e. The third-order valence-electron chi connectivity index (χ3n) is 2.61. The Morgan fingerprint density at radius 3 is 2.59 bits per heavy atom. The summed E-state index contributed by atoms with van der Waals surface area (Å²) in [6.45, 7) is 5.57. The minimum atomic E-state index is -0.547. The summed E-state index contributed by atoms with van der Waals surface area (Å²) in [5.41, 5.74) is 3.41. The maximum absolute atomic E-state index is 9.51. The van der Waals surface area contributed by atoms with Gasteiger partial charge in [0.2, 0.25) is 0 Å². The van der Waals surface area contributed by atoms with Crippen LogP contribution in [0.5, 0.6) is 0 Å². The summed E-state index contributed by atoms with van der Waals surface area (Å²) in [7, 11) is 0. The summed E-state index contributed by atoms with van der Waals surface area (Å²) in [5, 5.41) is 9.51. The zero-order valence-corrected chi connectivity index (χ0v) is 10.2. The van der Waals surface area contributed by atoms with Crippen LogP contribution in [0.2, 0.25) is 0 Å². The molecule has 0 saturated carbocycles. The number of aryl methyl sites for hydroxylation is 2. The van der Waals surface area contributed by atoms with E-state index in [-0.39, 0.29) is 0 Å². The second-order valence-corrected chi connectivity index (χ2v) is 4.13. The molecule has 88 valence electrons. The first-order valence-corrected chi connectivity index (χ1v) is 5.52. The standard InChI is InChI=1S/C13H15N3O/c1-8-4-5-14-12(6-8)13-15-7-11(10(3)17)9(2)16-13/h4-7,10,17H,1-3H3. The molecule has 0 aromatic carbocycles. The summed E-state index contributed by atoms with van der Waals surface area (Å²) in [6, 6.07) is 3.87. The SMILES string of the molecule is Cc1ccnc(-c2ncc(C(C)O)c(C)n2)c1. The first-order chi connectivity index (χ1) is 8.08. The van der Waals surface area contributed by atoms with Gasteiger partial charge in [0, 0.05) is 23.7 Å². The van der Waals surface area contributed by atoms with Gasteiger partial charge in [-0.1, -0.05) is 0 Å². The van der Waals surface area contributed by atoms with Gasteiger partial charge >= 0.3 is 0 Å². The van der Waals surface area contributed by atoms with Crippen molar-refractivity contribution in [2.24, 2.45) is 0 Å². The number of aliphatic hydroxyl groups excluding tert-OH is 1. The average Bonchev–Trinajstić information content (AvgIpc) is 2.28. The Labute approximate surface area is 100 Å². The third kappa shape index (κ3) is 2.47. The van der Waals surface area contributed by atoms with Gasteiger partial charge in [0.1, 0.15) is 5.69 Å². The van der Waals surface area contributed by atoms with Crippen molar-refractivity contribution in [3.63, 3.8) is 0 Å². The minimum absolute atomic E-state index is 0.547. The van der Waals surface area contributed by atoms with E-state index in [0.29, 0.717) is 5.82 Å². The summed E-state index contributed by atoms with van der Waals surface area (Å²) in [6.07, 6.45) is 2.85. The molecule has 2 heterocycles. The van der Waals surface area contributed by atoms with Crippen molar-refractivity contribution in [1.82, 2.24) is 15.0 Å². The fourth-order valence-corrected chi connectivity index (χ4v) is 1.67. The topological polar surface area (TPSA) is 58.9 Å². The molecule has 0 aliphatic heterocycles. The van der Waals surface area contributed by atoms with E-state index >= 15 is 0 Å². The Bertz CT molecular complexity index is 538. The highest BCUT2D eigenvalue weighted by molar-refractivity contribution is 5.50. The lowest BCUT2D eigenvalue weighted by Crippen LogP contribution is -2.02. The van der Waals surface area contributed by atoms with Gasteiger partial charge in [-0.05, 0) is 38.5 Å². The van der Waals surface area contributed by atoms with Gasteiger partial charge in [-0.2, -0.15) is 0 Å². The van der Waals surface area contributed by atoms with Gasteiger partial charge in [0.25, 0.3) is 0 Å². The molecule has 4 heteroatoms. The van der Waals surface area contributed by atoms with Crippen LogP contribution < -0.4 is 0 Å². The van der Waals surface area contributed by atoms with E-state index in [1.165, 1.54) is 0 Å². The molecule has 0 spiro atoms. The highest BCUT2D eigenvalue weighted by Crippen LogP contribution is 2.18. The number of pyridine rings is 1. The zero-order valence-electron chi connectivity index (χ0n) is 10.2. The number of aliphatic hydroxyl groups is 1. The molecular formula is C13H15N3O. The van der Waals surface area contributed by atoms with Crippen LogP contribution in [0.4, 0.5) is 0 Å². The molecule has 0 saturated heterocycles. The number of hydrogen-bond acceptors (Lipinski definition) is 4. The number of hydrogen-bond donors (Lipinski definition) is 1. The molecule has 4 nitrogen and oxygen atoms in total. The molecule has 0 amide bonds. The van der Waals surface area contributed by atoms with Crippen molar-refractivity contribution in [3.8, 4) is 11.5 Å². The Morgan fingerprint density at radius 2 is 2.00 bits per heavy atom. The second kappa shape index (κ2) is 4.59. The molecule has 1 N–H and O–H groups in total. The maximum atomic E-state index is 9.51. The van der Waals surface area contributed by atoms with Crippen molar-refractivity contribution >= 4 is 0 Å². The van der Waals surface area contributed by atoms with E-state index in [9.17, 15) is 5.11 Å². The fourth-order valence-electron chi connectivity index (χ4n) is 1.67. The van der Waals surface area contributed by atoms with Crippen LogP contribution in [0.3, 0.4) is 0 Å². The minimum Gasteiger partial charge on any atom is -0.389 e. The van der Waals surface area contributed by atoms with Gasteiger partial charge in [-0.25, -0.2) is 9.97 Å². The molecule has 2 rings (SSSR count). The summed E-state index contributed by atoms with van der Waals surface area (Å²) < 4.78 is 0. The Kier molecular flexibility index (Phi) is 3.15. The van der Waals surface area contributed by atoms with Crippen molar-refractivity contribution in [3.05, 3.63) is 41.3 Å². The second-order valence-electron chi connectivity index (χ2n) is 4.13. The predicted molar refractivity (Wildman–Crippen MR) is 65.4 cm³/mol. The van der Waals surface area contributed by atoms with Crippen LogP contribution in [0, 0.1) is 13.8 Å². The lowest BCUT2D eigenvalue weighted by atomic mass is 10.1. The molecule has 0 radical (unpaired) electrons. The van der Waals surface area contributed by atoms with Crippen molar-refractivity contribution in [2.45, 2.75) is 26.9 Å². The maximum Gasteiger partial charge on any atom is 0.178 e. The van der Waals surface area contributed by atoms with E-state index < -0.39 is 6.10 Å². The lowest BCUT2D eigenvalue weighted by molar-refractivity contribution is 0.197. The Hall–Kier alpha value is -1.81. The van der Waals surface area contributed by atoms with Crippen molar-refractivity contribution in [1.29, 1.82) is 0 Å². The number of nitrogens with zero attached hydrogens (tertiary/aromatic N) is 3. The molecular weight excluding hydrogens is 214 g/mol. The lowest BCUT2D eigenvalue weighted by Gasteiger charge is -2.08. The summed E-state index contributed by atoms with van der Waals surface area (Å²) in [5.74, 6) is 0.593. The quantitative estimate of drug-likeness (QED) is 0.857. The Balaban J connectivity index is 2.44. The van der Waals surface area contributed by atoms with Gasteiger partial charge in [-0.3, -0.25) is 4.98 Å². The zero-order chi connectivity index (χ0) is 12.4. The van der Waals surface area contributed by atoms with E-state index in [0.717, 1.165) is 22.5 Å². The fraction of sp³-hybridized carbons (Fsp3) is 0.308. The first kappa shape index (κ1) is 11.7. The van der Waals surface area contributed by atoms with Crippen molar-refractivity contribution in [2.75, 3.05) is 0 Å². The van der Waals surface area contributed by atoms with Crippen LogP contribution in [0.15, 0.2) is 24.5 Å². The molecule has 0 fully saturated rings. The molecule has 0 aliphatic rings. The van der Waals surface area contributed by atoms with Gasteiger partial charge in [0.15, 0.2) is 5.82 Å². The highest BCUT2D eigenvalue weighted by Gasteiger charge is 2.09. The molecule has 0 bridgehead atoms. The number of aromatic nitrogens is 3. The van der Waals surface area contributed by atoms with Crippen LogP contribution in [-0.4, -0.2) is 20.1 Å². The predicted octanol–water partition coefficient (Wildman–Crippen LogP) is 2.21. The summed E-state index contributed by atoms with van der Waals surface area (Å²) >= 11 is 0. The van der Waals surface area contributed by atoms with Crippen LogP contribution in [-0.2, 0) is 0 Å². The molecule has 2 aromatic heterocycles. The first-order valence-electron chi connectivity index (χ1n) is 5.52. The Morgan fingerprint density at radius 1 is 1.24 bits per heavy atom. The molecule has 0 aliphatic carbocycles. The van der Waals surface area contributed by atoms with E-state index in [1.807, 2.05) is 26.0 Å². The van der Waals surface area contributed by atoms with E-state index in [1.54, 1.807) is 19.3 Å². The molecule has 1 atom stereocenters. The van der Waals surface area contributed by atoms with Gasteiger partial charge in [0.05, 0.1) is 6.10 Å². The molecule has 2 aromatic rings. The van der Waals surface area contributed by atoms with Crippen LogP contribution in [0.25, 0.3) is 11.5 Å².